The predicted octanol–water partition coefficient (Wildman–Crippen LogP) is 7.53. The number of anilines is 2. The van der Waals surface area contributed by atoms with Gasteiger partial charge in [0, 0.05) is 57.6 Å². The summed E-state index contributed by atoms with van der Waals surface area (Å²) >= 11 is 1.67. The van der Waals surface area contributed by atoms with Gasteiger partial charge in [-0.2, -0.15) is 11.3 Å². The second-order valence-electron chi connectivity index (χ2n) is 10.3. The third kappa shape index (κ3) is 6.28. The zero-order valence-electron chi connectivity index (χ0n) is 22.0. The maximum atomic E-state index is 6.34. The Hall–Kier alpha value is -4.41. The van der Waals surface area contributed by atoms with Gasteiger partial charge < -0.3 is 16.0 Å². The molecule has 5 aromatic rings. The first kappa shape index (κ1) is 26.6. The number of H-pyrrole nitrogens is 1. The number of fused-ring (bicyclic) bond motifs is 1. The third-order valence-corrected chi connectivity index (χ3v) is 6.59. The SMILES string of the molecule is C#C.C=C(CC(C)(C)C)Nc1cncc(-c2cc(Cc3cc4c(-c5ccsc5)nccc4[nH]3)c(N)cn2)c1. The van der Waals surface area contributed by atoms with Gasteiger partial charge in [-0.15, -0.1) is 12.8 Å². The number of nitrogens with zero attached hydrogens (tertiary/aromatic N) is 3. The van der Waals surface area contributed by atoms with E-state index >= 15 is 0 Å². The molecule has 0 spiro atoms. The molecule has 0 aliphatic heterocycles. The molecule has 7 heteroatoms. The fraction of sp³-hybridized carbons (Fsp3) is 0.194. The van der Waals surface area contributed by atoms with E-state index in [1.807, 2.05) is 30.6 Å². The maximum absolute atomic E-state index is 6.34. The number of terminal acetylenes is 1. The highest BCUT2D eigenvalue weighted by Gasteiger charge is 2.14. The monoisotopic (exact) mass is 520 g/mol. The van der Waals surface area contributed by atoms with Crippen molar-refractivity contribution in [3.05, 3.63) is 89.4 Å². The Labute approximate surface area is 228 Å². The lowest BCUT2D eigenvalue weighted by molar-refractivity contribution is 0.411. The number of nitrogen functional groups attached to an aromatic ring is 1. The molecule has 5 rings (SSSR count). The summed E-state index contributed by atoms with van der Waals surface area (Å²) in [4.78, 5) is 17.2. The third-order valence-electron chi connectivity index (χ3n) is 5.90. The van der Waals surface area contributed by atoms with E-state index in [4.69, 9.17) is 5.73 Å². The second-order valence-corrected chi connectivity index (χ2v) is 11.1. The number of pyridine rings is 3. The van der Waals surface area contributed by atoms with Crippen LogP contribution in [0.1, 0.15) is 38.4 Å². The fourth-order valence-electron chi connectivity index (χ4n) is 4.40. The van der Waals surface area contributed by atoms with Gasteiger partial charge in [0.05, 0.1) is 35.2 Å². The highest BCUT2D eigenvalue weighted by atomic mass is 32.1. The number of allylic oxidation sites excluding steroid dienone is 1. The van der Waals surface area contributed by atoms with Crippen LogP contribution in [-0.4, -0.2) is 19.9 Å². The van der Waals surface area contributed by atoms with Gasteiger partial charge in [0.1, 0.15) is 0 Å². The predicted molar refractivity (Wildman–Crippen MR) is 161 cm³/mol. The Bertz CT molecular complexity index is 1570. The first-order valence-electron chi connectivity index (χ1n) is 12.2. The van der Waals surface area contributed by atoms with Crippen molar-refractivity contribution >= 4 is 33.6 Å². The molecule has 0 saturated heterocycles. The van der Waals surface area contributed by atoms with Crippen molar-refractivity contribution in [3.63, 3.8) is 0 Å². The van der Waals surface area contributed by atoms with Crippen molar-refractivity contribution < 1.29 is 0 Å². The van der Waals surface area contributed by atoms with E-state index in [1.165, 1.54) is 0 Å². The summed E-state index contributed by atoms with van der Waals surface area (Å²) in [5.74, 6) is 0. The van der Waals surface area contributed by atoms with Crippen molar-refractivity contribution in [2.45, 2.75) is 33.6 Å². The topological polar surface area (TPSA) is 92.5 Å². The number of rotatable bonds is 7. The van der Waals surface area contributed by atoms with Crippen molar-refractivity contribution in [3.8, 4) is 35.4 Å². The smallest absolute Gasteiger partial charge is 0.0804 e. The first-order valence-corrected chi connectivity index (χ1v) is 13.2. The molecular formula is C31H32N6S. The van der Waals surface area contributed by atoms with Gasteiger partial charge in [-0.25, -0.2) is 0 Å². The zero-order valence-corrected chi connectivity index (χ0v) is 22.8. The Balaban J connectivity index is 0.00000164. The normalized spacial score (nSPS) is 11.1. The number of aromatic nitrogens is 4. The van der Waals surface area contributed by atoms with Crippen LogP contribution in [0.5, 0.6) is 0 Å². The molecule has 0 aliphatic carbocycles. The molecule has 0 atom stereocenters. The summed E-state index contributed by atoms with van der Waals surface area (Å²) < 4.78 is 0. The molecule has 0 aromatic carbocycles. The molecule has 0 saturated carbocycles. The standard InChI is InChI=1S/C29H30N6S.C2H2/c1-18(13-29(2,3)4)34-23-10-21(14-31-15-23)27-11-20(25(30)16-33-27)9-22-12-24-26(35-22)5-7-32-28(24)19-6-8-36-17-19;1-2/h5-8,10-12,14-17,34-35H,1,9,13,30H2,2-4H3;1-2H. The molecule has 0 unspecified atom stereocenters. The molecule has 0 amide bonds. The highest BCUT2D eigenvalue weighted by molar-refractivity contribution is 7.08. The van der Waals surface area contributed by atoms with E-state index in [2.05, 4.69) is 88.3 Å². The van der Waals surface area contributed by atoms with Gasteiger partial charge in [-0.05, 0) is 53.1 Å². The highest BCUT2D eigenvalue weighted by Crippen LogP contribution is 2.31. The number of hydrogen-bond donors (Lipinski definition) is 3. The van der Waals surface area contributed by atoms with Gasteiger partial charge in [0.15, 0.2) is 0 Å². The number of nitrogens with one attached hydrogen (secondary N) is 2. The van der Waals surface area contributed by atoms with E-state index in [0.717, 1.165) is 62.5 Å². The molecule has 5 aromatic heterocycles. The largest absolute Gasteiger partial charge is 0.397 e. The Morgan fingerprint density at radius 1 is 1.08 bits per heavy atom. The molecule has 5 heterocycles. The van der Waals surface area contributed by atoms with Crippen LogP contribution >= 0.6 is 11.3 Å². The van der Waals surface area contributed by atoms with E-state index in [0.29, 0.717) is 12.1 Å². The minimum absolute atomic E-state index is 0.158. The van der Waals surface area contributed by atoms with E-state index in [-0.39, 0.29) is 5.41 Å². The summed E-state index contributed by atoms with van der Waals surface area (Å²) in [6.45, 7) is 10.8. The van der Waals surface area contributed by atoms with Gasteiger partial charge in [-0.1, -0.05) is 27.4 Å². The van der Waals surface area contributed by atoms with Crippen molar-refractivity contribution in [1.29, 1.82) is 0 Å². The van der Waals surface area contributed by atoms with Crippen molar-refractivity contribution in [1.82, 2.24) is 19.9 Å². The minimum Gasteiger partial charge on any atom is -0.397 e. The van der Waals surface area contributed by atoms with Gasteiger partial charge in [0.25, 0.3) is 0 Å². The fourth-order valence-corrected chi connectivity index (χ4v) is 5.04. The average molecular weight is 521 g/mol. The average Bonchev–Trinajstić information content (AvgIpc) is 3.55. The number of aromatic amines is 1. The lowest BCUT2D eigenvalue weighted by Gasteiger charge is -2.20. The molecule has 0 radical (unpaired) electrons. The lowest BCUT2D eigenvalue weighted by atomic mass is 9.91. The molecule has 38 heavy (non-hydrogen) atoms. The van der Waals surface area contributed by atoms with E-state index in [1.54, 1.807) is 23.7 Å². The molecule has 4 N–H and O–H groups in total. The maximum Gasteiger partial charge on any atom is 0.0804 e. The molecule has 0 fully saturated rings. The van der Waals surface area contributed by atoms with Crippen molar-refractivity contribution in [2.24, 2.45) is 5.41 Å². The summed E-state index contributed by atoms with van der Waals surface area (Å²) in [6, 6.07) is 10.4. The van der Waals surface area contributed by atoms with Gasteiger partial charge in [0.2, 0.25) is 0 Å². The summed E-state index contributed by atoms with van der Waals surface area (Å²) in [7, 11) is 0. The summed E-state index contributed by atoms with van der Waals surface area (Å²) in [5.41, 5.74) is 16.0. The number of hydrogen-bond acceptors (Lipinski definition) is 6. The quantitative estimate of drug-likeness (QED) is 0.193. The molecule has 0 aliphatic rings. The van der Waals surface area contributed by atoms with Crippen LogP contribution in [0.3, 0.4) is 0 Å². The summed E-state index contributed by atoms with van der Waals surface area (Å²) in [5, 5.41) is 8.69. The molecule has 6 nitrogen and oxygen atoms in total. The molecule has 0 bridgehead atoms. The Morgan fingerprint density at radius 3 is 2.63 bits per heavy atom. The minimum atomic E-state index is 0.158. The lowest BCUT2D eigenvalue weighted by Crippen LogP contribution is -2.10. The van der Waals surface area contributed by atoms with Crippen LogP contribution in [0.25, 0.3) is 33.4 Å². The van der Waals surface area contributed by atoms with Crippen LogP contribution in [-0.2, 0) is 6.42 Å². The first-order chi connectivity index (χ1) is 18.2. The van der Waals surface area contributed by atoms with Crippen LogP contribution in [0.15, 0.2) is 78.2 Å². The second kappa shape index (κ2) is 11.3. The van der Waals surface area contributed by atoms with E-state index in [9.17, 15) is 0 Å². The van der Waals surface area contributed by atoms with Gasteiger partial charge >= 0.3 is 0 Å². The van der Waals surface area contributed by atoms with Crippen LogP contribution < -0.4 is 11.1 Å². The Kier molecular flexibility index (Phi) is 7.94. The summed E-state index contributed by atoms with van der Waals surface area (Å²) in [6.07, 6.45) is 16.7. The molecular weight excluding hydrogens is 488 g/mol. The zero-order chi connectivity index (χ0) is 27.3. The van der Waals surface area contributed by atoms with Crippen LogP contribution in [0.2, 0.25) is 0 Å². The van der Waals surface area contributed by atoms with Crippen molar-refractivity contribution in [2.75, 3.05) is 11.1 Å². The van der Waals surface area contributed by atoms with Gasteiger partial charge in [-0.3, -0.25) is 15.0 Å². The molecule has 192 valence electrons. The Morgan fingerprint density at radius 2 is 1.89 bits per heavy atom. The van der Waals surface area contributed by atoms with Crippen LogP contribution in [0.4, 0.5) is 11.4 Å². The van der Waals surface area contributed by atoms with Crippen LogP contribution in [0, 0.1) is 18.3 Å². The van der Waals surface area contributed by atoms with E-state index < -0.39 is 0 Å². The number of thiophene rings is 1. The number of nitrogens with two attached hydrogens (primary N) is 1.